The van der Waals surface area contributed by atoms with E-state index in [1.165, 1.54) is 5.56 Å². The maximum atomic E-state index is 11.2. The van der Waals surface area contributed by atoms with E-state index in [-0.39, 0.29) is 11.9 Å². The van der Waals surface area contributed by atoms with Gasteiger partial charge in [-0.2, -0.15) is 12.6 Å². The lowest BCUT2D eigenvalue weighted by Crippen LogP contribution is -2.17. The van der Waals surface area contributed by atoms with Crippen LogP contribution in [0.2, 0.25) is 0 Å². The third kappa shape index (κ3) is 2.01. The van der Waals surface area contributed by atoms with Crippen molar-refractivity contribution in [3.8, 4) is 0 Å². The molecule has 0 fully saturated rings. The zero-order chi connectivity index (χ0) is 10.8. The van der Waals surface area contributed by atoms with Gasteiger partial charge >= 0.3 is 0 Å². The van der Waals surface area contributed by atoms with E-state index in [4.69, 9.17) is 0 Å². The highest BCUT2D eigenvalue weighted by atomic mass is 32.1. The molecule has 1 aromatic carbocycles. The van der Waals surface area contributed by atoms with E-state index < -0.39 is 0 Å². The molecule has 2 rings (SSSR count). The van der Waals surface area contributed by atoms with Crippen molar-refractivity contribution < 1.29 is 4.79 Å². The average Bonchev–Trinajstić information content (AvgIpc) is 2.59. The fourth-order valence-electron chi connectivity index (χ4n) is 1.83. The third-order valence-electron chi connectivity index (χ3n) is 2.69. The first-order valence-electron chi connectivity index (χ1n) is 4.95. The number of rotatable bonds is 3. The van der Waals surface area contributed by atoms with Crippen LogP contribution in [0, 0.1) is 0 Å². The molecule has 1 aliphatic rings. The van der Waals surface area contributed by atoms with Crippen LogP contribution in [0.3, 0.4) is 0 Å². The molecule has 1 aliphatic heterocycles. The fourth-order valence-corrected chi connectivity index (χ4v) is 2.22. The van der Waals surface area contributed by atoms with E-state index >= 15 is 0 Å². The van der Waals surface area contributed by atoms with Gasteiger partial charge in [-0.15, -0.1) is 0 Å². The molecule has 0 saturated carbocycles. The fraction of sp³-hybridized carbons (Fsp3) is 0.364. The minimum Gasteiger partial charge on any atom is -0.326 e. The lowest BCUT2D eigenvalue weighted by molar-refractivity contribution is -0.115. The highest BCUT2D eigenvalue weighted by Gasteiger charge is 2.18. The molecule has 0 spiro atoms. The first kappa shape index (κ1) is 10.5. The lowest BCUT2D eigenvalue weighted by Gasteiger charge is -2.14. The number of nitrogens with one attached hydrogen (secondary N) is 2. The van der Waals surface area contributed by atoms with Crippen molar-refractivity contribution in [3.05, 3.63) is 29.3 Å². The summed E-state index contributed by atoms with van der Waals surface area (Å²) < 4.78 is 0. The van der Waals surface area contributed by atoms with Gasteiger partial charge in [-0.05, 0) is 24.2 Å². The molecular weight excluding hydrogens is 208 g/mol. The lowest BCUT2D eigenvalue weighted by atomic mass is 10.0. The predicted octanol–water partition coefficient (Wildman–Crippen LogP) is 1.37. The molecule has 0 radical (unpaired) electrons. The van der Waals surface area contributed by atoms with E-state index in [1.54, 1.807) is 0 Å². The molecule has 0 aliphatic carbocycles. The topological polar surface area (TPSA) is 41.1 Å². The van der Waals surface area contributed by atoms with Crippen molar-refractivity contribution in [2.75, 3.05) is 18.1 Å². The normalized spacial score (nSPS) is 16.0. The summed E-state index contributed by atoms with van der Waals surface area (Å²) in [5, 5.41) is 6.01. The summed E-state index contributed by atoms with van der Waals surface area (Å²) >= 11 is 4.28. The van der Waals surface area contributed by atoms with Crippen molar-refractivity contribution in [3.63, 3.8) is 0 Å². The Morgan fingerprint density at radius 2 is 2.40 bits per heavy atom. The monoisotopic (exact) mass is 222 g/mol. The van der Waals surface area contributed by atoms with Gasteiger partial charge in [0, 0.05) is 17.5 Å². The number of benzene rings is 1. The number of fused-ring (bicyclic) bond motifs is 1. The van der Waals surface area contributed by atoms with Crippen molar-refractivity contribution in [2.45, 2.75) is 12.5 Å². The van der Waals surface area contributed by atoms with Gasteiger partial charge in [0.05, 0.1) is 6.42 Å². The van der Waals surface area contributed by atoms with E-state index in [0.717, 1.165) is 17.0 Å². The Balaban J connectivity index is 2.30. The predicted molar refractivity (Wildman–Crippen MR) is 64.4 cm³/mol. The number of anilines is 1. The van der Waals surface area contributed by atoms with Crippen LogP contribution >= 0.6 is 12.6 Å². The molecule has 4 heteroatoms. The second kappa shape index (κ2) is 4.24. The summed E-state index contributed by atoms with van der Waals surface area (Å²) in [7, 11) is 1.91. The van der Waals surface area contributed by atoms with Crippen molar-refractivity contribution >= 4 is 24.2 Å². The Morgan fingerprint density at radius 1 is 1.60 bits per heavy atom. The van der Waals surface area contributed by atoms with Crippen LogP contribution in [0.25, 0.3) is 0 Å². The van der Waals surface area contributed by atoms with Gasteiger partial charge in [0.15, 0.2) is 0 Å². The van der Waals surface area contributed by atoms with Crippen molar-refractivity contribution in [1.82, 2.24) is 5.32 Å². The molecule has 3 nitrogen and oxygen atoms in total. The van der Waals surface area contributed by atoms with Gasteiger partial charge in [-0.3, -0.25) is 4.79 Å². The number of hydrogen-bond acceptors (Lipinski definition) is 3. The minimum absolute atomic E-state index is 0.0778. The Hall–Kier alpha value is -1.00. The number of thiol groups is 1. The molecule has 0 aromatic heterocycles. The number of carbonyl (C=O) groups is 1. The summed E-state index contributed by atoms with van der Waals surface area (Å²) in [6.45, 7) is 0. The molecule has 1 aromatic rings. The van der Waals surface area contributed by atoms with E-state index in [1.807, 2.05) is 19.2 Å². The third-order valence-corrected chi connectivity index (χ3v) is 3.05. The summed E-state index contributed by atoms with van der Waals surface area (Å²) in [5.74, 6) is 0.824. The maximum absolute atomic E-state index is 11.2. The summed E-state index contributed by atoms with van der Waals surface area (Å²) in [4.78, 5) is 11.2. The van der Waals surface area contributed by atoms with Crippen LogP contribution in [0.5, 0.6) is 0 Å². The minimum atomic E-state index is 0.0778. The van der Waals surface area contributed by atoms with Crippen LogP contribution in [-0.4, -0.2) is 18.7 Å². The van der Waals surface area contributed by atoms with Gasteiger partial charge in [0.1, 0.15) is 0 Å². The molecule has 80 valence electrons. The zero-order valence-electron chi connectivity index (χ0n) is 8.58. The molecular formula is C11H14N2OS. The van der Waals surface area contributed by atoms with Gasteiger partial charge in [-0.25, -0.2) is 0 Å². The van der Waals surface area contributed by atoms with Gasteiger partial charge in [-0.1, -0.05) is 12.1 Å². The van der Waals surface area contributed by atoms with Crippen LogP contribution in [-0.2, 0) is 11.2 Å². The molecule has 1 atom stereocenters. The Labute approximate surface area is 94.7 Å². The molecule has 0 saturated heterocycles. The average molecular weight is 222 g/mol. The number of amides is 1. The van der Waals surface area contributed by atoms with Crippen LogP contribution in [0.15, 0.2) is 18.2 Å². The highest BCUT2D eigenvalue weighted by molar-refractivity contribution is 7.80. The van der Waals surface area contributed by atoms with Crippen LogP contribution in [0.1, 0.15) is 17.2 Å². The molecule has 1 unspecified atom stereocenters. The zero-order valence-corrected chi connectivity index (χ0v) is 9.47. The molecule has 0 bridgehead atoms. The van der Waals surface area contributed by atoms with Gasteiger partial charge in [0.25, 0.3) is 0 Å². The van der Waals surface area contributed by atoms with Crippen molar-refractivity contribution in [1.29, 1.82) is 0 Å². The van der Waals surface area contributed by atoms with Gasteiger partial charge in [0.2, 0.25) is 5.91 Å². The highest BCUT2D eigenvalue weighted by Crippen LogP contribution is 2.26. The molecule has 1 amide bonds. The summed E-state index contributed by atoms with van der Waals surface area (Å²) in [6, 6.07) is 6.31. The standard InChI is InChI=1S/C11H14N2OS/c1-12-10(6-15)7-2-3-9-8(4-7)5-11(14)13-9/h2-4,10,12,15H,5-6H2,1H3,(H,13,14). The van der Waals surface area contributed by atoms with E-state index in [2.05, 4.69) is 29.3 Å². The Morgan fingerprint density at radius 3 is 3.07 bits per heavy atom. The van der Waals surface area contributed by atoms with E-state index in [0.29, 0.717) is 6.42 Å². The molecule has 15 heavy (non-hydrogen) atoms. The second-order valence-electron chi connectivity index (χ2n) is 3.67. The maximum Gasteiger partial charge on any atom is 0.228 e. The quantitative estimate of drug-likeness (QED) is 0.676. The first-order valence-corrected chi connectivity index (χ1v) is 5.58. The molecule has 2 N–H and O–H groups in total. The van der Waals surface area contributed by atoms with Crippen molar-refractivity contribution in [2.24, 2.45) is 0 Å². The van der Waals surface area contributed by atoms with Crippen LogP contribution < -0.4 is 10.6 Å². The van der Waals surface area contributed by atoms with Gasteiger partial charge < -0.3 is 10.6 Å². The number of hydrogen-bond donors (Lipinski definition) is 3. The smallest absolute Gasteiger partial charge is 0.228 e. The largest absolute Gasteiger partial charge is 0.326 e. The van der Waals surface area contributed by atoms with Crippen LogP contribution in [0.4, 0.5) is 5.69 Å². The Bertz CT molecular complexity index is 388. The van der Waals surface area contributed by atoms with E-state index in [9.17, 15) is 4.79 Å². The summed E-state index contributed by atoms with van der Waals surface area (Å²) in [5.41, 5.74) is 3.21. The molecule has 1 heterocycles. The summed E-state index contributed by atoms with van der Waals surface area (Å²) in [6.07, 6.45) is 0.492. The SMILES string of the molecule is CNC(CS)c1ccc2c(c1)CC(=O)N2. The number of carbonyl (C=O) groups excluding carboxylic acids is 1. The first-order chi connectivity index (χ1) is 7.24. The Kier molecular flexibility index (Phi) is 2.98. The second-order valence-corrected chi connectivity index (χ2v) is 4.03.